The number of nitrogens with one attached hydrogen (secondary N) is 4. The maximum atomic E-state index is 13.2. The molecule has 2 aromatic rings. The summed E-state index contributed by atoms with van der Waals surface area (Å²) >= 11 is 0. The summed E-state index contributed by atoms with van der Waals surface area (Å²) in [7, 11) is 0. The Hall–Kier alpha value is -3.97. The van der Waals surface area contributed by atoms with E-state index in [1.165, 1.54) is 0 Å². The van der Waals surface area contributed by atoms with Gasteiger partial charge >= 0.3 is 5.97 Å². The second-order valence-electron chi connectivity index (χ2n) is 8.64. The quantitative estimate of drug-likeness (QED) is 0.123. The smallest absolute Gasteiger partial charge is 0.326 e. The van der Waals surface area contributed by atoms with E-state index in [1.54, 1.807) is 6.20 Å². The number of hydrogen-bond donors (Lipinski definition) is 8. The minimum absolute atomic E-state index is 0.0318. The van der Waals surface area contributed by atoms with Crippen LogP contribution < -0.4 is 33.2 Å². The first-order valence-corrected chi connectivity index (χ1v) is 12.0. The van der Waals surface area contributed by atoms with Gasteiger partial charge in [0.05, 0.1) is 6.54 Å². The molecule has 1 heterocycles. The number of amides is 4. The van der Waals surface area contributed by atoms with Crippen LogP contribution in [0, 0.1) is 0 Å². The number of hydrogen-bond acceptors (Lipinski definition) is 7. The molecule has 0 aliphatic carbocycles. The number of aliphatic carboxylic acids is 1. The molecule has 3 atom stereocenters. The Bertz CT molecular complexity index is 1100. The number of H-pyrrole nitrogens is 1. The second-order valence-corrected chi connectivity index (χ2v) is 8.64. The van der Waals surface area contributed by atoms with Crippen LogP contribution in [0.5, 0.6) is 0 Å². The second kappa shape index (κ2) is 14.6. The Morgan fingerprint density at radius 3 is 2.22 bits per heavy atom. The molecule has 202 valence electrons. The van der Waals surface area contributed by atoms with E-state index in [4.69, 9.17) is 17.2 Å². The zero-order chi connectivity index (χ0) is 27.4. The van der Waals surface area contributed by atoms with E-state index < -0.39 is 47.7 Å². The van der Waals surface area contributed by atoms with Gasteiger partial charge in [-0.05, 0) is 43.9 Å². The molecule has 37 heavy (non-hydrogen) atoms. The first-order valence-electron chi connectivity index (χ1n) is 12.0. The van der Waals surface area contributed by atoms with Gasteiger partial charge in [0.2, 0.25) is 23.6 Å². The third-order valence-corrected chi connectivity index (χ3v) is 5.81. The molecule has 0 radical (unpaired) electrons. The number of carboxylic acids is 1. The van der Waals surface area contributed by atoms with Gasteiger partial charge in [-0.2, -0.15) is 0 Å². The van der Waals surface area contributed by atoms with Gasteiger partial charge in [0.1, 0.15) is 18.1 Å². The number of carbonyl (C=O) groups is 5. The molecule has 0 bridgehead atoms. The summed E-state index contributed by atoms with van der Waals surface area (Å²) in [6.45, 7) is 0.0900. The molecule has 13 heteroatoms. The van der Waals surface area contributed by atoms with E-state index in [0.29, 0.717) is 24.9 Å². The third kappa shape index (κ3) is 9.20. The molecule has 0 spiro atoms. The van der Waals surface area contributed by atoms with Crippen LogP contribution >= 0.6 is 0 Å². The highest BCUT2D eigenvalue weighted by atomic mass is 16.4. The number of unbranched alkanes of at least 4 members (excludes halogenated alkanes) is 1. The van der Waals surface area contributed by atoms with Crippen LogP contribution in [0.25, 0.3) is 10.9 Å². The molecule has 13 nitrogen and oxygen atoms in total. The SMILES string of the molecule is NCCCCC(NC(=O)CN)C(=O)NC(Cc1c[nH]c2ccccc12)C(=O)NC(CCC(N)=O)C(=O)O. The molecule has 3 unspecified atom stereocenters. The van der Waals surface area contributed by atoms with Gasteiger partial charge < -0.3 is 43.2 Å². The summed E-state index contributed by atoms with van der Waals surface area (Å²) in [5, 5.41) is 17.9. The minimum atomic E-state index is -1.39. The molecule has 11 N–H and O–H groups in total. The summed E-state index contributed by atoms with van der Waals surface area (Å²) in [5.41, 5.74) is 17.6. The van der Waals surface area contributed by atoms with Crippen LogP contribution in [0.15, 0.2) is 30.5 Å². The summed E-state index contributed by atoms with van der Waals surface area (Å²) in [4.78, 5) is 64.2. The normalized spacial score (nSPS) is 13.4. The standard InChI is InChI=1S/C24H35N7O6/c25-10-4-3-7-17(29-21(33)12-26)22(34)31-19(11-14-13-28-16-6-2-1-5-15(14)16)23(35)30-18(24(36)37)8-9-20(27)32/h1-2,5-6,13,17-19,28H,3-4,7-12,25-26H2,(H2,27,32)(H,29,33)(H,30,35)(H,31,34)(H,36,37). The molecule has 0 saturated carbocycles. The molecule has 0 fully saturated rings. The average Bonchev–Trinajstić information content (AvgIpc) is 3.27. The first-order chi connectivity index (χ1) is 17.7. The van der Waals surface area contributed by atoms with Gasteiger partial charge in [-0.3, -0.25) is 19.2 Å². The number of nitrogens with two attached hydrogens (primary N) is 3. The number of primary amides is 1. The van der Waals surface area contributed by atoms with Crippen LogP contribution in [0.3, 0.4) is 0 Å². The number of carbonyl (C=O) groups excluding carboxylic acids is 4. The van der Waals surface area contributed by atoms with Crippen molar-refractivity contribution in [3.05, 3.63) is 36.0 Å². The van der Waals surface area contributed by atoms with Gasteiger partial charge in [-0.15, -0.1) is 0 Å². The monoisotopic (exact) mass is 517 g/mol. The number of fused-ring (bicyclic) bond motifs is 1. The summed E-state index contributed by atoms with van der Waals surface area (Å²) < 4.78 is 0. The summed E-state index contributed by atoms with van der Waals surface area (Å²) in [6, 6.07) is 3.83. The largest absolute Gasteiger partial charge is 0.480 e. The molecule has 0 aliphatic heterocycles. The van der Waals surface area contributed by atoms with Gasteiger partial charge in [0, 0.05) is 29.9 Å². The van der Waals surface area contributed by atoms with E-state index in [9.17, 15) is 29.1 Å². The fourth-order valence-corrected chi connectivity index (χ4v) is 3.83. The number of aromatic nitrogens is 1. The van der Waals surface area contributed by atoms with Crippen LogP contribution in [0.1, 0.15) is 37.7 Å². The molecule has 1 aromatic carbocycles. The molecular weight excluding hydrogens is 482 g/mol. The lowest BCUT2D eigenvalue weighted by atomic mass is 10.0. The van der Waals surface area contributed by atoms with E-state index in [1.807, 2.05) is 24.3 Å². The zero-order valence-corrected chi connectivity index (χ0v) is 20.5. The van der Waals surface area contributed by atoms with E-state index >= 15 is 0 Å². The first kappa shape index (κ1) is 29.3. The Morgan fingerprint density at radius 2 is 1.57 bits per heavy atom. The molecule has 0 aliphatic rings. The Labute approximate surface area is 213 Å². The predicted octanol–water partition coefficient (Wildman–Crippen LogP) is -1.40. The lowest BCUT2D eigenvalue weighted by Crippen LogP contribution is -2.56. The minimum Gasteiger partial charge on any atom is -0.480 e. The van der Waals surface area contributed by atoms with Crippen LogP contribution in [-0.2, 0) is 30.4 Å². The third-order valence-electron chi connectivity index (χ3n) is 5.81. The highest BCUT2D eigenvalue weighted by Gasteiger charge is 2.30. The van der Waals surface area contributed by atoms with Gasteiger partial charge in [0.15, 0.2) is 0 Å². The fourth-order valence-electron chi connectivity index (χ4n) is 3.83. The van der Waals surface area contributed by atoms with Crippen molar-refractivity contribution in [2.45, 2.75) is 56.7 Å². The summed E-state index contributed by atoms with van der Waals surface area (Å²) in [5.74, 6) is -3.98. The van der Waals surface area contributed by atoms with Crippen LogP contribution in [0.2, 0.25) is 0 Å². The number of carboxylic acid groups (broad SMARTS) is 1. The van der Waals surface area contributed by atoms with Crippen molar-refractivity contribution in [2.24, 2.45) is 17.2 Å². The lowest BCUT2D eigenvalue weighted by Gasteiger charge is -2.24. The fraction of sp³-hybridized carbons (Fsp3) is 0.458. The van der Waals surface area contributed by atoms with Crippen molar-refractivity contribution in [1.82, 2.24) is 20.9 Å². The van der Waals surface area contributed by atoms with E-state index in [0.717, 1.165) is 10.9 Å². The van der Waals surface area contributed by atoms with Gasteiger partial charge in [0.25, 0.3) is 0 Å². The van der Waals surface area contributed by atoms with Crippen molar-refractivity contribution in [3.63, 3.8) is 0 Å². The molecular formula is C24H35N7O6. The Morgan fingerprint density at radius 1 is 0.892 bits per heavy atom. The molecule has 2 rings (SSSR count). The lowest BCUT2D eigenvalue weighted by molar-refractivity contribution is -0.142. The molecule has 0 saturated heterocycles. The maximum absolute atomic E-state index is 13.2. The van der Waals surface area contributed by atoms with E-state index in [2.05, 4.69) is 20.9 Å². The van der Waals surface area contributed by atoms with Gasteiger partial charge in [-0.25, -0.2) is 4.79 Å². The molecule has 4 amide bonds. The highest BCUT2D eigenvalue weighted by molar-refractivity contribution is 5.94. The Balaban J connectivity index is 2.29. The van der Waals surface area contributed by atoms with Crippen LogP contribution in [-0.4, -0.2) is 70.9 Å². The average molecular weight is 518 g/mol. The number of benzene rings is 1. The number of para-hydroxylation sites is 1. The Kier molecular flexibility index (Phi) is 11.5. The van der Waals surface area contributed by atoms with Crippen LogP contribution in [0.4, 0.5) is 0 Å². The van der Waals surface area contributed by atoms with Crippen molar-refractivity contribution >= 4 is 40.5 Å². The highest BCUT2D eigenvalue weighted by Crippen LogP contribution is 2.19. The van der Waals surface area contributed by atoms with Gasteiger partial charge in [-0.1, -0.05) is 18.2 Å². The topological polar surface area (TPSA) is 236 Å². The number of aromatic amines is 1. The van der Waals surface area contributed by atoms with E-state index in [-0.39, 0.29) is 32.2 Å². The zero-order valence-electron chi connectivity index (χ0n) is 20.5. The van der Waals surface area contributed by atoms with Crippen molar-refractivity contribution in [1.29, 1.82) is 0 Å². The van der Waals surface area contributed by atoms with Crippen molar-refractivity contribution < 1.29 is 29.1 Å². The van der Waals surface area contributed by atoms with Crippen molar-refractivity contribution in [2.75, 3.05) is 13.1 Å². The summed E-state index contributed by atoms with van der Waals surface area (Å²) in [6.07, 6.45) is 2.72. The molecule has 1 aromatic heterocycles. The number of rotatable bonds is 16. The maximum Gasteiger partial charge on any atom is 0.326 e. The van der Waals surface area contributed by atoms with Crippen molar-refractivity contribution in [3.8, 4) is 0 Å². The predicted molar refractivity (Wildman–Crippen MR) is 136 cm³/mol.